The molecule has 194 valence electrons. The maximum Gasteiger partial charge on any atom is 0.224 e. The van der Waals surface area contributed by atoms with E-state index in [9.17, 15) is 4.79 Å². The van der Waals surface area contributed by atoms with E-state index in [1.807, 2.05) is 42.5 Å². The molecule has 1 amide bonds. The number of nitrogens with one attached hydrogen (secondary N) is 1. The summed E-state index contributed by atoms with van der Waals surface area (Å²) in [5, 5.41) is 5.47. The first-order valence-corrected chi connectivity index (χ1v) is 13.6. The van der Waals surface area contributed by atoms with Crippen LogP contribution in [0.3, 0.4) is 0 Å². The van der Waals surface area contributed by atoms with E-state index in [0.29, 0.717) is 19.6 Å². The van der Waals surface area contributed by atoms with Gasteiger partial charge in [-0.15, -0.1) is 0 Å². The van der Waals surface area contributed by atoms with Crippen molar-refractivity contribution in [2.75, 3.05) is 13.2 Å². The van der Waals surface area contributed by atoms with Crippen LogP contribution in [0.15, 0.2) is 97.1 Å². The van der Waals surface area contributed by atoms with Crippen LogP contribution in [-0.2, 0) is 24.2 Å². The Kier molecular flexibility index (Phi) is 8.67. The molecule has 0 saturated carbocycles. The monoisotopic (exact) mass is 505 g/mol. The minimum absolute atomic E-state index is 0.0869. The van der Waals surface area contributed by atoms with E-state index in [1.165, 1.54) is 16.3 Å². The zero-order valence-corrected chi connectivity index (χ0v) is 21.8. The number of imidazole rings is 1. The predicted molar refractivity (Wildman–Crippen MR) is 155 cm³/mol. The summed E-state index contributed by atoms with van der Waals surface area (Å²) in [5.74, 6) is 2.13. The Balaban J connectivity index is 1.08. The van der Waals surface area contributed by atoms with E-state index in [2.05, 4.69) is 64.5 Å². The highest BCUT2D eigenvalue weighted by Gasteiger charge is 2.10. The third-order valence-corrected chi connectivity index (χ3v) is 6.86. The largest absolute Gasteiger partial charge is 0.494 e. The summed E-state index contributed by atoms with van der Waals surface area (Å²) >= 11 is 0. The quantitative estimate of drug-likeness (QED) is 0.181. The lowest BCUT2D eigenvalue weighted by Gasteiger charge is -2.11. The van der Waals surface area contributed by atoms with Crippen molar-refractivity contribution in [3.05, 3.63) is 108 Å². The number of aryl methyl sites for hydroxylation is 2. The molecule has 0 aliphatic carbocycles. The number of rotatable bonds is 13. The number of amides is 1. The first-order chi connectivity index (χ1) is 18.8. The molecule has 0 saturated heterocycles. The van der Waals surface area contributed by atoms with Crippen LogP contribution in [-0.4, -0.2) is 28.6 Å². The van der Waals surface area contributed by atoms with Crippen LogP contribution in [0, 0.1) is 0 Å². The van der Waals surface area contributed by atoms with Crippen LogP contribution in [0.2, 0.25) is 0 Å². The van der Waals surface area contributed by atoms with Crippen LogP contribution in [0.25, 0.3) is 21.8 Å². The fourth-order valence-electron chi connectivity index (χ4n) is 4.89. The number of para-hydroxylation sites is 2. The molecule has 0 radical (unpaired) electrons. The summed E-state index contributed by atoms with van der Waals surface area (Å²) in [4.78, 5) is 17.1. The number of fused-ring (bicyclic) bond motifs is 2. The fourth-order valence-corrected chi connectivity index (χ4v) is 4.89. The summed E-state index contributed by atoms with van der Waals surface area (Å²) in [6.45, 7) is 2.25. The molecular weight excluding hydrogens is 470 g/mol. The van der Waals surface area contributed by atoms with Gasteiger partial charge in [0.15, 0.2) is 0 Å². The van der Waals surface area contributed by atoms with Crippen molar-refractivity contribution in [3.63, 3.8) is 0 Å². The second kappa shape index (κ2) is 12.9. The molecule has 5 rings (SSSR count). The van der Waals surface area contributed by atoms with Gasteiger partial charge in [0, 0.05) is 19.5 Å². The van der Waals surface area contributed by atoms with Crippen LogP contribution in [0.1, 0.15) is 37.1 Å². The standard InChI is InChI=1S/C33H35N3O2/c37-33(24-26-12-3-1-4-13-26)34-21-10-2-5-18-32-35-30-16-8-9-17-31(30)36(32)22-11-23-38-29-20-19-27-14-6-7-15-28(27)25-29/h1,3-4,6-9,12-17,19-20,25H,2,5,10-11,18,21-24H2,(H,34,37). The Morgan fingerprint density at radius 1 is 0.789 bits per heavy atom. The molecule has 0 aliphatic heterocycles. The highest BCUT2D eigenvalue weighted by Crippen LogP contribution is 2.22. The number of carbonyl (C=O) groups excluding carboxylic acids is 1. The van der Waals surface area contributed by atoms with Gasteiger partial charge in [0.05, 0.1) is 24.1 Å². The van der Waals surface area contributed by atoms with E-state index >= 15 is 0 Å². The SMILES string of the molecule is O=C(Cc1ccccc1)NCCCCCc1nc2ccccc2n1CCCOc1ccc2ccccc2c1. The molecule has 5 heteroatoms. The Morgan fingerprint density at radius 3 is 2.47 bits per heavy atom. The van der Waals surface area contributed by atoms with E-state index in [0.717, 1.165) is 61.3 Å². The van der Waals surface area contributed by atoms with Crippen LogP contribution >= 0.6 is 0 Å². The van der Waals surface area contributed by atoms with E-state index in [1.54, 1.807) is 0 Å². The first-order valence-electron chi connectivity index (χ1n) is 13.6. The Bertz CT molecular complexity index is 1480. The van der Waals surface area contributed by atoms with Crippen LogP contribution in [0.5, 0.6) is 5.75 Å². The number of hydrogen-bond donors (Lipinski definition) is 1. The molecule has 1 heterocycles. The smallest absolute Gasteiger partial charge is 0.224 e. The summed E-state index contributed by atoms with van der Waals surface area (Å²) in [6.07, 6.45) is 5.35. The molecule has 5 nitrogen and oxygen atoms in total. The lowest BCUT2D eigenvalue weighted by molar-refractivity contribution is -0.120. The number of benzene rings is 4. The number of aromatic nitrogens is 2. The summed E-state index contributed by atoms with van der Waals surface area (Å²) in [5.41, 5.74) is 3.28. The highest BCUT2D eigenvalue weighted by molar-refractivity contribution is 5.83. The van der Waals surface area contributed by atoms with Gasteiger partial charge in [-0.1, -0.05) is 79.2 Å². The molecular formula is C33H35N3O2. The maximum atomic E-state index is 12.1. The lowest BCUT2D eigenvalue weighted by atomic mass is 10.1. The topological polar surface area (TPSA) is 56.2 Å². The van der Waals surface area contributed by atoms with Crippen molar-refractivity contribution in [2.45, 2.75) is 45.1 Å². The molecule has 1 aromatic heterocycles. The third kappa shape index (κ3) is 6.80. The van der Waals surface area contributed by atoms with Gasteiger partial charge in [-0.05, 0) is 59.9 Å². The minimum atomic E-state index is 0.0869. The lowest BCUT2D eigenvalue weighted by Crippen LogP contribution is -2.26. The Labute approximate surface area is 224 Å². The average molecular weight is 506 g/mol. The second-order valence-electron chi connectivity index (χ2n) is 9.70. The highest BCUT2D eigenvalue weighted by atomic mass is 16.5. The van der Waals surface area contributed by atoms with Gasteiger partial charge in [-0.3, -0.25) is 4.79 Å². The van der Waals surface area contributed by atoms with Crippen molar-refractivity contribution in [1.29, 1.82) is 0 Å². The average Bonchev–Trinajstić information content (AvgIpc) is 3.30. The van der Waals surface area contributed by atoms with Gasteiger partial charge in [0.2, 0.25) is 5.91 Å². The molecule has 0 fully saturated rings. The van der Waals surface area contributed by atoms with Crippen LogP contribution < -0.4 is 10.1 Å². The molecule has 4 aromatic carbocycles. The van der Waals surface area contributed by atoms with E-state index in [-0.39, 0.29) is 5.91 Å². The summed E-state index contributed by atoms with van der Waals surface area (Å²) < 4.78 is 8.43. The number of unbranched alkanes of at least 4 members (excludes halogenated alkanes) is 2. The fraction of sp³-hybridized carbons (Fsp3) is 0.273. The molecule has 0 aliphatic rings. The Hall–Kier alpha value is -4.12. The van der Waals surface area contributed by atoms with Crippen molar-refractivity contribution >= 4 is 27.7 Å². The van der Waals surface area contributed by atoms with Crippen molar-refractivity contribution < 1.29 is 9.53 Å². The maximum absolute atomic E-state index is 12.1. The summed E-state index contributed by atoms with van der Waals surface area (Å²) in [7, 11) is 0. The predicted octanol–water partition coefficient (Wildman–Crippen LogP) is 6.73. The van der Waals surface area contributed by atoms with E-state index < -0.39 is 0 Å². The number of ether oxygens (including phenoxy) is 1. The number of nitrogens with zero attached hydrogens (tertiary/aromatic N) is 2. The molecule has 0 atom stereocenters. The van der Waals surface area contributed by atoms with Gasteiger partial charge in [0.1, 0.15) is 11.6 Å². The molecule has 0 spiro atoms. The molecule has 1 N–H and O–H groups in total. The van der Waals surface area contributed by atoms with Crippen molar-refractivity contribution in [2.24, 2.45) is 0 Å². The van der Waals surface area contributed by atoms with Gasteiger partial charge in [0.25, 0.3) is 0 Å². The van der Waals surface area contributed by atoms with Gasteiger partial charge in [-0.25, -0.2) is 4.98 Å². The molecule has 5 aromatic rings. The Morgan fingerprint density at radius 2 is 1.58 bits per heavy atom. The minimum Gasteiger partial charge on any atom is -0.494 e. The first kappa shape index (κ1) is 25.5. The zero-order valence-electron chi connectivity index (χ0n) is 21.8. The number of hydrogen-bond acceptors (Lipinski definition) is 3. The van der Waals surface area contributed by atoms with Crippen molar-refractivity contribution in [3.8, 4) is 5.75 Å². The molecule has 0 unspecified atom stereocenters. The van der Waals surface area contributed by atoms with Gasteiger partial charge in [-0.2, -0.15) is 0 Å². The van der Waals surface area contributed by atoms with Gasteiger partial charge < -0.3 is 14.6 Å². The van der Waals surface area contributed by atoms with Gasteiger partial charge >= 0.3 is 0 Å². The summed E-state index contributed by atoms with van der Waals surface area (Å²) in [6, 6.07) is 32.8. The normalized spacial score (nSPS) is 11.2. The zero-order chi connectivity index (χ0) is 26.0. The van der Waals surface area contributed by atoms with E-state index in [4.69, 9.17) is 9.72 Å². The third-order valence-electron chi connectivity index (χ3n) is 6.86. The number of carbonyl (C=O) groups is 1. The van der Waals surface area contributed by atoms with Crippen molar-refractivity contribution in [1.82, 2.24) is 14.9 Å². The molecule has 38 heavy (non-hydrogen) atoms. The van der Waals surface area contributed by atoms with Crippen LogP contribution in [0.4, 0.5) is 0 Å². The molecule has 0 bridgehead atoms. The second-order valence-corrected chi connectivity index (χ2v) is 9.70.